The summed E-state index contributed by atoms with van der Waals surface area (Å²) in [6, 6.07) is 8.00. The number of benzene rings is 1. The van der Waals surface area contributed by atoms with Crippen LogP contribution in [-0.4, -0.2) is 62.4 Å². The van der Waals surface area contributed by atoms with E-state index in [2.05, 4.69) is 45.8 Å². The number of fused-ring (bicyclic) bond motifs is 2. The molecule has 0 saturated carbocycles. The van der Waals surface area contributed by atoms with Crippen molar-refractivity contribution in [2.45, 2.75) is 32.5 Å². The van der Waals surface area contributed by atoms with Gasteiger partial charge in [0.05, 0.1) is 17.8 Å². The van der Waals surface area contributed by atoms with Gasteiger partial charge >= 0.3 is 0 Å². The number of halogens is 1. The Morgan fingerprint density at radius 1 is 1.13 bits per heavy atom. The van der Waals surface area contributed by atoms with Gasteiger partial charge in [0.1, 0.15) is 0 Å². The molecule has 0 spiro atoms. The lowest BCUT2D eigenvalue weighted by Gasteiger charge is -2.44. The first-order valence-corrected chi connectivity index (χ1v) is 10.3. The fourth-order valence-electron chi connectivity index (χ4n) is 4.21. The second-order valence-corrected chi connectivity index (χ2v) is 8.18. The number of imidazole rings is 1. The maximum Gasteiger partial charge on any atom is 0.183 e. The Kier molecular flexibility index (Phi) is 4.87. The zero-order valence-electron chi connectivity index (χ0n) is 17.4. The van der Waals surface area contributed by atoms with E-state index in [0.717, 1.165) is 29.7 Å². The largest absolute Gasteiger partial charge is 0.390 e. The van der Waals surface area contributed by atoms with Gasteiger partial charge in [-0.3, -0.25) is 0 Å². The maximum absolute atomic E-state index is 14.5. The molecule has 0 amide bonds. The van der Waals surface area contributed by atoms with Crippen molar-refractivity contribution in [3.05, 3.63) is 54.4 Å². The average molecular weight is 416 g/mol. The number of aliphatic hydroxyl groups excluding tert-OH is 1. The average Bonchev–Trinajstić information content (AvgIpc) is 3.20. The second-order valence-electron chi connectivity index (χ2n) is 8.18. The molecule has 1 saturated heterocycles. The van der Waals surface area contributed by atoms with Crippen molar-refractivity contribution in [1.29, 1.82) is 0 Å². The zero-order valence-corrected chi connectivity index (χ0v) is 17.4. The van der Waals surface area contributed by atoms with Crippen LogP contribution in [0.3, 0.4) is 0 Å². The van der Waals surface area contributed by atoms with Gasteiger partial charge < -0.3 is 19.2 Å². The van der Waals surface area contributed by atoms with Gasteiger partial charge in [-0.15, -0.1) is 0 Å². The summed E-state index contributed by atoms with van der Waals surface area (Å²) in [7, 11) is 6.12. The van der Waals surface area contributed by atoms with E-state index in [1.807, 2.05) is 10.9 Å². The monoisotopic (exact) mass is 416 g/mol. The highest BCUT2D eigenvalue weighted by Gasteiger charge is 2.26. The highest BCUT2D eigenvalue weighted by atomic mass is 19.1. The van der Waals surface area contributed by atoms with E-state index in [1.54, 1.807) is 23.0 Å². The van der Waals surface area contributed by atoms with Crippen molar-refractivity contribution in [2.24, 2.45) is 0 Å². The highest BCUT2D eigenvalue weighted by molar-refractivity contribution is 6.05. The highest BCUT2D eigenvalue weighted by Crippen LogP contribution is 2.27. The molecule has 1 aliphatic rings. The first kappa shape index (κ1) is 19.9. The number of pyridine rings is 1. The molecule has 156 valence electrons. The second kappa shape index (κ2) is 7.58. The molecule has 1 fully saturated rings. The third-order valence-electron chi connectivity index (χ3n) is 5.89. The molecule has 7 nitrogen and oxygen atoms in total. The van der Waals surface area contributed by atoms with Gasteiger partial charge in [0.2, 0.25) is 0 Å². The van der Waals surface area contributed by atoms with Gasteiger partial charge in [0, 0.05) is 60.4 Å². The Morgan fingerprint density at radius 2 is 1.90 bits per heavy atom. The summed E-state index contributed by atoms with van der Waals surface area (Å²) in [5.74, 6) is -0.0576. The van der Waals surface area contributed by atoms with Crippen LogP contribution < -0.4 is 4.90 Å². The van der Waals surface area contributed by atoms with Crippen molar-refractivity contribution in [2.75, 3.05) is 18.0 Å². The SMILES string of the molecule is [B]N1C(C)CN(c2ccc3nc(-c4cc(F)c5nc(CO)cn5c4)ncc3c2)CC1C. The molecule has 1 aromatic carbocycles. The minimum atomic E-state index is -0.487. The molecular formula is C22H22BFN6O. The summed E-state index contributed by atoms with van der Waals surface area (Å²) in [4.78, 5) is 17.4. The molecule has 3 aromatic heterocycles. The summed E-state index contributed by atoms with van der Waals surface area (Å²) in [5, 5.41) is 10.2. The standard InChI is InChI=1S/C22H22BFN6O/c1-13-8-28(9-14(2)30(13)23)18-3-4-20-15(5-18)7-25-21(27-20)16-6-19(24)22-26-17(12-31)11-29(22)10-16/h3-7,10-11,13-14,31H,8-9,12H2,1-2H3. The molecule has 0 aliphatic carbocycles. The van der Waals surface area contributed by atoms with Crippen LogP contribution in [0.15, 0.2) is 42.9 Å². The van der Waals surface area contributed by atoms with Gasteiger partial charge in [0.25, 0.3) is 0 Å². The van der Waals surface area contributed by atoms with Crippen molar-refractivity contribution in [3.63, 3.8) is 0 Å². The van der Waals surface area contributed by atoms with E-state index in [9.17, 15) is 9.50 Å². The number of aliphatic hydroxyl groups is 1. The molecule has 1 N–H and O–H groups in total. The third kappa shape index (κ3) is 3.53. The first-order chi connectivity index (χ1) is 14.9. The molecule has 2 atom stereocenters. The molecule has 2 radical (unpaired) electrons. The lowest BCUT2D eigenvalue weighted by molar-refractivity contribution is 0.251. The van der Waals surface area contributed by atoms with Crippen LogP contribution in [0.25, 0.3) is 27.9 Å². The van der Waals surface area contributed by atoms with Crippen molar-refractivity contribution >= 4 is 30.2 Å². The van der Waals surface area contributed by atoms with Gasteiger partial charge in [-0.1, -0.05) is 0 Å². The number of hydrogen-bond acceptors (Lipinski definition) is 6. The lowest BCUT2D eigenvalue weighted by atomic mass is 10.0. The summed E-state index contributed by atoms with van der Waals surface area (Å²) >= 11 is 0. The Labute approximate surface area is 180 Å². The Balaban J connectivity index is 1.49. The smallest absolute Gasteiger partial charge is 0.183 e. The fourth-order valence-corrected chi connectivity index (χ4v) is 4.21. The van der Waals surface area contributed by atoms with Crippen molar-refractivity contribution < 1.29 is 9.50 Å². The van der Waals surface area contributed by atoms with Crippen LogP contribution in [-0.2, 0) is 6.61 Å². The summed E-state index contributed by atoms with van der Waals surface area (Å²) in [6.45, 7) is 5.71. The minimum Gasteiger partial charge on any atom is -0.390 e. The number of aromatic nitrogens is 4. The van der Waals surface area contributed by atoms with Crippen LogP contribution in [0.2, 0.25) is 0 Å². The van der Waals surface area contributed by atoms with Gasteiger partial charge in [-0.2, -0.15) is 0 Å². The summed E-state index contributed by atoms with van der Waals surface area (Å²) in [5.41, 5.74) is 3.01. The van der Waals surface area contributed by atoms with Crippen molar-refractivity contribution in [1.82, 2.24) is 24.2 Å². The topological polar surface area (TPSA) is 69.8 Å². The number of anilines is 1. The van der Waals surface area contributed by atoms with E-state index in [1.165, 1.54) is 6.07 Å². The Morgan fingerprint density at radius 3 is 2.65 bits per heavy atom. The van der Waals surface area contributed by atoms with Crippen LogP contribution >= 0.6 is 0 Å². The van der Waals surface area contributed by atoms with E-state index in [-0.39, 0.29) is 24.3 Å². The van der Waals surface area contributed by atoms with E-state index >= 15 is 0 Å². The number of piperazine rings is 1. The Hall–Kier alpha value is -3.04. The van der Waals surface area contributed by atoms with E-state index < -0.39 is 5.82 Å². The van der Waals surface area contributed by atoms with Gasteiger partial charge in [-0.25, -0.2) is 19.3 Å². The van der Waals surface area contributed by atoms with Crippen LogP contribution in [0, 0.1) is 5.82 Å². The molecule has 5 rings (SSSR count). The molecule has 4 aromatic rings. The molecule has 31 heavy (non-hydrogen) atoms. The number of nitrogens with zero attached hydrogens (tertiary/aromatic N) is 6. The predicted molar refractivity (Wildman–Crippen MR) is 118 cm³/mol. The number of hydrogen-bond donors (Lipinski definition) is 1. The molecule has 2 unspecified atom stereocenters. The van der Waals surface area contributed by atoms with Gasteiger partial charge in [-0.05, 0) is 38.1 Å². The summed E-state index contributed by atoms with van der Waals surface area (Å²) in [6.07, 6.45) is 5.08. The quantitative estimate of drug-likeness (QED) is 0.518. The molecule has 0 bridgehead atoms. The predicted octanol–water partition coefficient (Wildman–Crippen LogP) is 2.56. The zero-order chi connectivity index (χ0) is 21.7. The van der Waals surface area contributed by atoms with Crippen LogP contribution in [0.1, 0.15) is 19.5 Å². The van der Waals surface area contributed by atoms with Crippen LogP contribution in [0.4, 0.5) is 10.1 Å². The van der Waals surface area contributed by atoms with E-state index in [4.69, 9.17) is 7.98 Å². The molecular weight excluding hydrogens is 394 g/mol. The fraction of sp³-hybridized carbons (Fsp3) is 0.318. The van der Waals surface area contributed by atoms with E-state index in [0.29, 0.717) is 17.1 Å². The minimum absolute atomic E-state index is 0.166. The summed E-state index contributed by atoms with van der Waals surface area (Å²) < 4.78 is 16.1. The molecule has 1 aliphatic heterocycles. The first-order valence-electron chi connectivity index (χ1n) is 10.3. The Bertz CT molecular complexity index is 1270. The van der Waals surface area contributed by atoms with Gasteiger partial charge in [0.15, 0.2) is 25.3 Å². The lowest BCUT2D eigenvalue weighted by Crippen LogP contribution is -2.55. The number of rotatable bonds is 3. The van der Waals surface area contributed by atoms with Crippen LogP contribution in [0.5, 0.6) is 0 Å². The normalized spacial score (nSPS) is 20.1. The third-order valence-corrected chi connectivity index (χ3v) is 5.89. The molecule has 4 heterocycles. The molecule has 9 heteroatoms. The van der Waals surface area contributed by atoms with Crippen molar-refractivity contribution in [3.8, 4) is 11.4 Å². The maximum atomic E-state index is 14.5.